The Labute approximate surface area is 103 Å². The standard InChI is InChI=1S/C13H23N3O/c1-3-13(8-4-5-9-13)12-16-15-11(17-12)7-6-10-14-2/h14H,3-10H2,1-2H3. The first-order valence-electron chi connectivity index (χ1n) is 6.78. The van der Waals surface area contributed by atoms with E-state index in [1.807, 2.05) is 7.05 Å². The van der Waals surface area contributed by atoms with Gasteiger partial charge in [0.05, 0.1) is 0 Å². The molecule has 0 bridgehead atoms. The van der Waals surface area contributed by atoms with E-state index in [1.54, 1.807) is 0 Å². The van der Waals surface area contributed by atoms with E-state index in [2.05, 4.69) is 22.4 Å². The Kier molecular flexibility index (Phi) is 4.15. The van der Waals surface area contributed by atoms with Gasteiger partial charge in [-0.15, -0.1) is 10.2 Å². The van der Waals surface area contributed by atoms with Crippen molar-refractivity contribution in [2.24, 2.45) is 0 Å². The average molecular weight is 237 g/mol. The lowest BCUT2D eigenvalue weighted by Crippen LogP contribution is -2.21. The molecule has 4 heteroatoms. The molecule has 2 rings (SSSR count). The minimum Gasteiger partial charge on any atom is -0.425 e. The molecule has 0 spiro atoms. The van der Waals surface area contributed by atoms with Gasteiger partial charge in [-0.3, -0.25) is 0 Å². The number of nitrogens with one attached hydrogen (secondary N) is 1. The van der Waals surface area contributed by atoms with E-state index in [1.165, 1.54) is 25.7 Å². The van der Waals surface area contributed by atoms with Crippen LogP contribution in [0.25, 0.3) is 0 Å². The van der Waals surface area contributed by atoms with Crippen LogP contribution in [0, 0.1) is 0 Å². The summed E-state index contributed by atoms with van der Waals surface area (Å²) in [6.07, 6.45) is 8.07. The fraction of sp³-hybridized carbons (Fsp3) is 0.846. The van der Waals surface area contributed by atoms with Crippen molar-refractivity contribution in [3.05, 3.63) is 11.8 Å². The lowest BCUT2D eigenvalue weighted by atomic mass is 9.83. The largest absolute Gasteiger partial charge is 0.425 e. The molecule has 0 atom stereocenters. The summed E-state index contributed by atoms with van der Waals surface area (Å²) in [6, 6.07) is 0. The van der Waals surface area contributed by atoms with Crippen molar-refractivity contribution < 1.29 is 4.42 Å². The molecular weight excluding hydrogens is 214 g/mol. The summed E-state index contributed by atoms with van der Waals surface area (Å²) in [5.41, 5.74) is 0.189. The molecule has 17 heavy (non-hydrogen) atoms. The van der Waals surface area contributed by atoms with Crippen LogP contribution in [-0.4, -0.2) is 23.8 Å². The third-order valence-corrected chi connectivity index (χ3v) is 3.98. The van der Waals surface area contributed by atoms with Gasteiger partial charge in [0.25, 0.3) is 0 Å². The Bertz CT molecular complexity index is 342. The normalized spacial score (nSPS) is 18.7. The van der Waals surface area contributed by atoms with Crippen LogP contribution in [0.4, 0.5) is 0 Å². The molecule has 0 saturated heterocycles. The molecule has 1 aromatic heterocycles. The number of aromatic nitrogens is 2. The zero-order chi connectivity index (χ0) is 12.1. The van der Waals surface area contributed by atoms with Gasteiger partial charge in [0.15, 0.2) is 0 Å². The Hall–Kier alpha value is -0.900. The Morgan fingerprint density at radius 2 is 2.06 bits per heavy atom. The maximum Gasteiger partial charge on any atom is 0.222 e. The van der Waals surface area contributed by atoms with Crippen molar-refractivity contribution in [2.75, 3.05) is 13.6 Å². The molecule has 0 aliphatic heterocycles. The molecule has 1 aromatic rings. The molecule has 1 aliphatic rings. The Morgan fingerprint density at radius 1 is 1.29 bits per heavy atom. The molecular formula is C13H23N3O. The molecule has 1 aliphatic carbocycles. The van der Waals surface area contributed by atoms with Gasteiger partial charge in [-0.2, -0.15) is 0 Å². The fourth-order valence-corrected chi connectivity index (χ4v) is 2.76. The van der Waals surface area contributed by atoms with Gasteiger partial charge in [-0.05, 0) is 39.3 Å². The van der Waals surface area contributed by atoms with Crippen LogP contribution in [-0.2, 0) is 11.8 Å². The van der Waals surface area contributed by atoms with Gasteiger partial charge in [0.1, 0.15) is 0 Å². The van der Waals surface area contributed by atoms with E-state index >= 15 is 0 Å². The molecule has 1 heterocycles. The number of hydrogen-bond acceptors (Lipinski definition) is 4. The monoisotopic (exact) mass is 237 g/mol. The quantitative estimate of drug-likeness (QED) is 0.772. The van der Waals surface area contributed by atoms with Crippen LogP contribution in [0.5, 0.6) is 0 Å². The van der Waals surface area contributed by atoms with Crippen LogP contribution in [0.1, 0.15) is 57.2 Å². The highest BCUT2D eigenvalue weighted by atomic mass is 16.4. The van der Waals surface area contributed by atoms with Crippen LogP contribution in [0.15, 0.2) is 4.42 Å². The van der Waals surface area contributed by atoms with Crippen LogP contribution in [0.3, 0.4) is 0 Å². The highest BCUT2D eigenvalue weighted by molar-refractivity contribution is 5.06. The van der Waals surface area contributed by atoms with Crippen molar-refractivity contribution in [3.8, 4) is 0 Å². The molecule has 0 aromatic carbocycles. The van der Waals surface area contributed by atoms with Gasteiger partial charge in [-0.1, -0.05) is 19.8 Å². The average Bonchev–Trinajstić information content (AvgIpc) is 2.98. The van der Waals surface area contributed by atoms with E-state index in [4.69, 9.17) is 4.42 Å². The second kappa shape index (κ2) is 5.63. The lowest BCUT2D eigenvalue weighted by molar-refractivity contribution is 0.304. The highest BCUT2D eigenvalue weighted by Crippen LogP contribution is 2.42. The first-order chi connectivity index (χ1) is 8.30. The van der Waals surface area contributed by atoms with Crippen molar-refractivity contribution in [1.82, 2.24) is 15.5 Å². The van der Waals surface area contributed by atoms with E-state index < -0.39 is 0 Å². The number of nitrogens with zero attached hydrogens (tertiary/aromatic N) is 2. The van der Waals surface area contributed by atoms with Crippen LogP contribution in [0.2, 0.25) is 0 Å². The topological polar surface area (TPSA) is 51.0 Å². The number of hydrogen-bond donors (Lipinski definition) is 1. The molecule has 96 valence electrons. The first-order valence-corrected chi connectivity index (χ1v) is 6.78. The predicted octanol–water partition coefficient (Wildman–Crippen LogP) is 2.44. The minimum absolute atomic E-state index is 0.189. The number of aryl methyl sites for hydroxylation is 1. The fourth-order valence-electron chi connectivity index (χ4n) is 2.76. The first kappa shape index (κ1) is 12.6. The third-order valence-electron chi connectivity index (χ3n) is 3.98. The maximum absolute atomic E-state index is 5.86. The third kappa shape index (κ3) is 2.68. The highest BCUT2D eigenvalue weighted by Gasteiger charge is 2.38. The Balaban J connectivity index is 2.01. The van der Waals surface area contributed by atoms with E-state index in [0.29, 0.717) is 0 Å². The van der Waals surface area contributed by atoms with E-state index in [-0.39, 0.29) is 5.41 Å². The zero-order valence-electron chi connectivity index (χ0n) is 11.0. The summed E-state index contributed by atoms with van der Waals surface area (Å²) in [5.74, 6) is 1.69. The van der Waals surface area contributed by atoms with Crippen molar-refractivity contribution in [1.29, 1.82) is 0 Å². The molecule has 0 unspecified atom stereocenters. The van der Waals surface area contributed by atoms with Gasteiger partial charge >= 0.3 is 0 Å². The van der Waals surface area contributed by atoms with Gasteiger partial charge in [-0.25, -0.2) is 0 Å². The second-order valence-electron chi connectivity index (χ2n) is 5.05. The van der Waals surface area contributed by atoms with Crippen molar-refractivity contribution in [3.63, 3.8) is 0 Å². The smallest absolute Gasteiger partial charge is 0.222 e. The summed E-state index contributed by atoms with van der Waals surface area (Å²) >= 11 is 0. The molecule has 1 fully saturated rings. The van der Waals surface area contributed by atoms with Crippen molar-refractivity contribution >= 4 is 0 Å². The summed E-state index contributed by atoms with van der Waals surface area (Å²) < 4.78 is 5.86. The van der Waals surface area contributed by atoms with Crippen molar-refractivity contribution in [2.45, 2.75) is 57.3 Å². The molecule has 4 nitrogen and oxygen atoms in total. The zero-order valence-corrected chi connectivity index (χ0v) is 11.0. The predicted molar refractivity (Wildman–Crippen MR) is 67.0 cm³/mol. The molecule has 0 radical (unpaired) electrons. The summed E-state index contributed by atoms with van der Waals surface area (Å²) in [7, 11) is 1.96. The van der Waals surface area contributed by atoms with E-state index in [9.17, 15) is 0 Å². The van der Waals surface area contributed by atoms with E-state index in [0.717, 1.165) is 37.6 Å². The van der Waals surface area contributed by atoms with Gasteiger partial charge in [0, 0.05) is 11.8 Å². The molecule has 1 N–H and O–H groups in total. The summed E-state index contributed by atoms with van der Waals surface area (Å²) in [4.78, 5) is 0. The maximum atomic E-state index is 5.86. The van der Waals surface area contributed by atoms with Crippen LogP contribution < -0.4 is 5.32 Å². The molecule has 0 amide bonds. The lowest BCUT2D eigenvalue weighted by Gasteiger charge is -2.22. The second-order valence-corrected chi connectivity index (χ2v) is 5.05. The summed E-state index contributed by atoms with van der Waals surface area (Å²) in [5, 5.41) is 11.6. The minimum atomic E-state index is 0.189. The Morgan fingerprint density at radius 3 is 2.71 bits per heavy atom. The SMILES string of the molecule is CCC1(c2nnc(CCCNC)o2)CCCC1. The van der Waals surface area contributed by atoms with Crippen LogP contribution >= 0.6 is 0 Å². The molecule has 1 saturated carbocycles. The number of rotatable bonds is 6. The van der Waals surface area contributed by atoms with Gasteiger partial charge < -0.3 is 9.73 Å². The van der Waals surface area contributed by atoms with Gasteiger partial charge in [0.2, 0.25) is 11.8 Å². The summed E-state index contributed by atoms with van der Waals surface area (Å²) in [6.45, 7) is 3.23.